The molecular formula is C13H17N5O2. The number of hydrogen-bond acceptors (Lipinski definition) is 6. The summed E-state index contributed by atoms with van der Waals surface area (Å²) in [7, 11) is 1.81. The van der Waals surface area contributed by atoms with Crippen molar-refractivity contribution in [2.24, 2.45) is 5.73 Å². The Hall–Kier alpha value is -2.25. The van der Waals surface area contributed by atoms with Crippen molar-refractivity contribution in [2.45, 2.75) is 13.1 Å². The molecule has 7 heteroatoms. The average Bonchev–Trinajstić information content (AvgIpc) is 2.87. The Balaban J connectivity index is 1.81. The molecule has 2 aromatic rings. The number of nitrogens with two attached hydrogens (primary N) is 1. The third kappa shape index (κ3) is 4.15. The molecular weight excluding hydrogens is 258 g/mol. The quantitative estimate of drug-likeness (QED) is 0.801. The van der Waals surface area contributed by atoms with Gasteiger partial charge in [-0.1, -0.05) is 23.4 Å². The molecule has 0 fully saturated rings. The first kappa shape index (κ1) is 14.2. The smallest absolute Gasteiger partial charge is 0.240 e. The van der Waals surface area contributed by atoms with Gasteiger partial charge < -0.3 is 15.6 Å². The number of nitrogens with zero attached hydrogens (tertiary/aromatic N) is 3. The normalized spacial score (nSPS) is 10.8. The molecule has 3 N–H and O–H groups in total. The van der Waals surface area contributed by atoms with Crippen molar-refractivity contribution in [1.82, 2.24) is 15.0 Å². The van der Waals surface area contributed by atoms with Gasteiger partial charge in [0.25, 0.3) is 0 Å². The van der Waals surface area contributed by atoms with Gasteiger partial charge in [0.1, 0.15) is 0 Å². The predicted octanol–water partition coefficient (Wildman–Crippen LogP) is 0.599. The van der Waals surface area contributed by atoms with E-state index in [1.54, 1.807) is 4.90 Å². The molecule has 0 radical (unpaired) electrons. The number of carbonyl (C=O) groups excluding carboxylic acids is 1. The summed E-state index contributed by atoms with van der Waals surface area (Å²) in [4.78, 5) is 17.7. The fourth-order valence-corrected chi connectivity index (χ4v) is 1.70. The Morgan fingerprint density at radius 3 is 2.80 bits per heavy atom. The molecule has 1 amide bonds. The zero-order valence-corrected chi connectivity index (χ0v) is 11.2. The number of amides is 1. The minimum Gasteiger partial charge on any atom is -0.338 e. The SMILES string of the molecule is CN(CC(=O)Nc1ccccc1)Cc1noc(CN)n1. The van der Waals surface area contributed by atoms with Crippen molar-refractivity contribution in [3.8, 4) is 0 Å². The lowest BCUT2D eigenvalue weighted by atomic mass is 10.3. The van der Waals surface area contributed by atoms with Crippen molar-refractivity contribution in [3.63, 3.8) is 0 Å². The van der Waals surface area contributed by atoms with Gasteiger partial charge in [0.05, 0.1) is 19.6 Å². The zero-order chi connectivity index (χ0) is 14.4. The standard InChI is InChI=1S/C13H17N5O2/c1-18(8-11-16-13(7-14)20-17-11)9-12(19)15-10-5-3-2-4-6-10/h2-6H,7-9,14H2,1H3,(H,15,19). The predicted molar refractivity (Wildman–Crippen MR) is 73.6 cm³/mol. The van der Waals surface area contributed by atoms with Crippen LogP contribution in [0.1, 0.15) is 11.7 Å². The fraction of sp³-hybridized carbons (Fsp3) is 0.308. The monoisotopic (exact) mass is 275 g/mol. The molecule has 0 aliphatic carbocycles. The zero-order valence-electron chi connectivity index (χ0n) is 11.2. The first-order valence-electron chi connectivity index (χ1n) is 6.22. The van der Waals surface area contributed by atoms with Gasteiger partial charge in [-0.25, -0.2) is 0 Å². The molecule has 0 aliphatic heterocycles. The molecule has 2 rings (SSSR count). The van der Waals surface area contributed by atoms with E-state index in [1.807, 2.05) is 37.4 Å². The van der Waals surface area contributed by atoms with E-state index < -0.39 is 0 Å². The van der Waals surface area contributed by atoms with Crippen LogP contribution >= 0.6 is 0 Å². The van der Waals surface area contributed by atoms with E-state index in [4.69, 9.17) is 10.3 Å². The molecule has 1 aromatic carbocycles. The molecule has 0 atom stereocenters. The van der Waals surface area contributed by atoms with Crippen molar-refractivity contribution in [2.75, 3.05) is 18.9 Å². The van der Waals surface area contributed by atoms with Crippen molar-refractivity contribution < 1.29 is 9.32 Å². The highest BCUT2D eigenvalue weighted by atomic mass is 16.5. The lowest BCUT2D eigenvalue weighted by Crippen LogP contribution is -2.30. The molecule has 0 saturated carbocycles. The second kappa shape index (κ2) is 6.78. The molecule has 0 aliphatic rings. The first-order chi connectivity index (χ1) is 9.67. The summed E-state index contributed by atoms with van der Waals surface area (Å²) >= 11 is 0. The summed E-state index contributed by atoms with van der Waals surface area (Å²) in [6, 6.07) is 9.31. The van der Waals surface area contributed by atoms with Gasteiger partial charge in [0.15, 0.2) is 5.82 Å². The van der Waals surface area contributed by atoms with E-state index in [1.165, 1.54) is 0 Å². The number of rotatable bonds is 6. The van der Waals surface area contributed by atoms with Crippen LogP contribution in [0.2, 0.25) is 0 Å². The number of likely N-dealkylation sites (N-methyl/N-ethyl adjacent to an activating group) is 1. The maximum atomic E-state index is 11.8. The number of carbonyl (C=O) groups is 1. The number of aromatic nitrogens is 2. The topological polar surface area (TPSA) is 97.3 Å². The first-order valence-corrected chi connectivity index (χ1v) is 6.22. The minimum absolute atomic E-state index is 0.0961. The van der Waals surface area contributed by atoms with Crippen LogP contribution in [0.15, 0.2) is 34.9 Å². The molecule has 0 unspecified atom stereocenters. The Kier molecular flexibility index (Phi) is 4.80. The second-order valence-corrected chi connectivity index (χ2v) is 4.39. The van der Waals surface area contributed by atoms with E-state index in [0.29, 0.717) is 18.3 Å². The molecule has 0 spiro atoms. The highest BCUT2D eigenvalue weighted by Gasteiger charge is 2.11. The van der Waals surface area contributed by atoms with Gasteiger partial charge >= 0.3 is 0 Å². The van der Waals surface area contributed by atoms with Gasteiger partial charge in [-0.05, 0) is 19.2 Å². The number of nitrogens with one attached hydrogen (secondary N) is 1. The van der Waals surface area contributed by atoms with Crippen molar-refractivity contribution in [3.05, 3.63) is 42.0 Å². The molecule has 0 saturated heterocycles. The van der Waals surface area contributed by atoms with Crippen LogP contribution in [0.5, 0.6) is 0 Å². The molecule has 0 bridgehead atoms. The maximum absolute atomic E-state index is 11.8. The summed E-state index contributed by atoms with van der Waals surface area (Å²) in [5, 5.41) is 6.59. The number of benzene rings is 1. The van der Waals surface area contributed by atoms with Crippen LogP contribution in [0, 0.1) is 0 Å². The summed E-state index contributed by atoms with van der Waals surface area (Å²) in [5.41, 5.74) is 6.16. The van der Waals surface area contributed by atoms with E-state index >= 15 is 0 Å². The van der Waals surface area contributed by atoms with Crippen LogP contribution in [-0.4, -0.2) is 34.5 Å². The van der Waals surface area contributed by atoms with Gasteiger partial charge in [0, 0.05) is 5.69 Å². The molecule has 106 valence electrons. The van der Waals surface area contributed by atoms with Crippen LogP contribution < -0.4 is 11.1 Å². The summed E-state index contributed by atoms with van der Waals surface area (Å²) in [6.45, 7) is 0.873. The highest BCUT2D eigenvalue weighted by Crippen LogP contribution is 2.05. The minimum atomic E-state index is -0.0961. The molecule has 1 heterocycles. The van der Waals surface area contributed by atoms with E-state index in [2.05, 4.69) is 15.5 Å². The third-order valence-corrected chi connectivity index (χ3v) is 2.57. The highest BCUT2D eigenvalue weighted by molar-refractivity contribution is 5.92. The summed E-state index contributed by atoms with van der Waals surface area (Å²) < 4.78 is 4.90. The van der Waals surface area contributed by atoms with Gasteiger partial charge in [-0.15, -0.1) is 0 Å². The Labute approximate surface area is 116 Å². The van der Waals surface area contributed by atoms with Gasteiger partial charge in [0.2, 0.25) is 11.8 Å². The second-order valence-electron chi connectivity index (χ2n) is 4.39. The van der Waals surface area contributed by atoms with Crippen molar-refractivity contribution in [1.29, 1.82) is 0 Å². The van der Waals surface area contributed by atoms with Crippen LogP contribution in [0.25, 0.3) is 0 Å². The van der Waals surface area contributed by atoms with E-state index in [0.717, 1.165) is 5.69 Å². The molecule has 20 heavy (non-hydrogen) atoms. The lowest BCUT2D eigenvalue weighted by molar-refractivity contribution is -0.117. The van der Waals surface area contributed by atoms with Gasteiger partial charge in [-0.3, -0.25) is 9.69 Å². The number of para-hydroxylation sites is 1. The largest absolute Gasteiger partial charge is 0.338 e. The Morgan fingerprint density at radius 1 is 1.40 bits per heavy atom. The van der Waals surface area contributed by atoms with E-state index in [9.17, 15) is 4.79 Å². The maximum Gasteiger partial charge on any atom is 0.240 e. The number of hydrogen-bond donors (Lipinski definition) is 2. The summed E-state index contributed by atoms with van der Waals surface area (Å²) in [6.07, 6.45) is 0. The molecule has 7 nitrogen and oxygen atoms in total. The average molecular weight is 275 g/mol. The van der Waals surface area contributed by atoms with E-state index in [-0.39, 0.29) is 19.0 Å². The van der Waals surface area contributed by atoms with Crippen LogP contribution in [-0.2, 0) is 17.9 Å². The van der Waals surface area contributed by atoms with Crippen LogP contribution in [0.3, 0.4) is 0 Å². The van der Waals surface area contributed by atoms with Gasteiger partial charge in [-0.2, -0.15) is 4.98 Å². The molecule has 1 aromatic heterocycles. The third-order valence-electron chi connectivity index (χ3n) is 2.57. The lowest BCUT2D eigenvalue weighted by Gasteiger charge is -2.13. The summed E-state index contributed by atoms with van der Waals surface area (Å²) in [5.74, 6) is 0.809. The van der Waals surface area contributed by atoms with Crippen LogP contribution in [0.4, 0.5) is 5.69 Å². The van der Waals surface area contributed by atoms with Crippen molar-refractivity contribution >= 4 is 11.6 Å². The fourth-order valence-electron chi connectivity index (χ4n) is 1.70. The number of anilines is 1. The Morgan fingerprint density at radius 2 is 2.15 bits per heavy atom. The Bertz CT molecular complexity index is 555.